The van der Waals surface area contributed by atoms with Crippen molar-refractivity contribution in [1.29, 1.82) is 0 Å². The molecule has 1 fully saturated rings. The highest BCUT2D eigenvalue weighted by Gasteiger charge is 2.44. The van der Waals surface area contributed by atoms with Crippen molar-refractivity contribution >= 4 is 17.6 Å². The van der Waals surface area contributed by atoms with Crippen molar-refractivity contribution in [3.63, 3.8) is 0 Å². The number of imidazole rings is 1. The maximum atomic E-state index is 12.4. The first-order valence-corrected chi connectivity index (χ1v) is 8.83. The zero-order chi connectivity index (χ0) is 19.0. The van der Waals surface area contributed by atoms with E-state index in [0.717, 1.165) is 0 Å². The molecular weight excluding hydrogens is 350 g/mol. The first-order valence-electron chi connectivity index (χ1n) is 8.83. The zero-order valence-corrected chi connectivity index (χ0v) is 14.7. The number of hydrogen-bond donors (Lipinski definition) is 4. The van der Waals surface area contributed by atoms with Crippen molar-refractivity contribution in [3.8, 4) is 0 Å². The monoisotopic (exact) mass is 371 g/mol. The topological polar surface area (TPSA) is 121 Å². The lowest BCUT2D eigenvalue weighted by Crippen LogP contribution is -2.35. The van der Waals surface area contributed by atoms with Gasteiger partial charge in [-0.15, -0.1) is 0 Å². The number of carbonyl (C=O) groups is 1. The van der Waals surface area contributed by atoms with Crippen LogP contribution in [0.25, 0.3) is 0 Å². The molecule has 1 unspecified atom stereocenters. The maximum Gasteiger partial charge on any atom is 0.256 e. The summed E-state index contributed by atoms with van der Waals surface area (Å²) in [6.07, 6.45) is -1.16. The minimum atomic E-state index is -1.07. The van der Waals surface area contributed by atoms with E-state index in [4.69, 9.17) is 4.74 Å². The van der Waals surface area contributed by atoms with Gasteiger partial charge in [0.15, 0.2) is 12.1 Å². The van der Waals surface area contributed by atoms with Gasteiger partial charge in [0.2, 0.25) is 0 Å². The lowest BCUT2D eigenvalue weighted by Gasteiger charge is -2.22. The van der Waals surface area contributed by atoms with Crippen molar-refractivity contribution in [2.75, 3.05) is 12.0 Å². The van der Waals surface area contributed by atoms with Crippen LogP contribution in [-0.2, 0) is 4.74 Å². The minimum Gasteiger partial charge on any atom is -0.388 e. The molecule has 27 heavy (non-hydrogen) atoms. The van der Waals surface area contributed by atoms with Gasteiger partial charge in [-0.1, -0.05) is 25.1 Å². The van der Waals surface area contributed by atoms with Gasteiger partial charge in [-0.3, -0.25) is 9.36 Å². The maximum absolute atomic E-state index is 12.4. The fourth-order valence-corrected chi connectivity index (χ4v) is 3.34. The molecule has 142 valence electrons. The second-order valence-electron chi connectivity index (χ2n) is 6.47. The zero-order valence-electron chi connectivity index (χ0n) is 14.7. The van der Waals surface area contributed by atoms with Crippen molar-refractivity contribution in [2.45, 2.75) is 37.9 Å². The SMILES string of the molecule is CC[C@H]1O[C@@H](n2cnc3c2NCN=C3NC(=O)c2ccccc2)[C@@H](O)C1O. The number of fused-ring (bicyclic) bond motifs is 1. The van der Waals surface area contributed by atoms with Gasteiger partial charge in [0.05, 0.1) is 12.4 Å². The first-order chi connectivity index (χ1) is 13.1. The predicted molar refractivity (Wildman–Crippen MR) is 97.4 cm³/mol. The van der Waals surface area contributed by atoms with Gasteiger partial charge in [-0.2, -0.15) is 0 Å². The molecule has 0 saturated carbocycles. The third-order valence-corrected chi connectivity index (χ3v) is 4.78. The summed E-state index contributed by atoms with van der Waals surface area (Å²) in [5, 5.41) is 26.3. The van der Waals surface area contributed by atoms with E-state index in [-0.39, 0.29) is 12.6 Å². The van der Waals surface area contributed by atoms with Crippen LogP contribution in [0.15, 0.2) is 41.7 Å². The third kappa shape index (κ3) is 3.09. The smallest absolute Gasteiger partial charge is 0.256 e. The Hall–Kier alpha value is -2.75. The van der Waals surface area contributed by atoms with Gasteiger partial charge < -0.3 is 25.6 Å². The summed E-state index contributed by atoms with van der Waals surface area (Å²) >= 11 is 0. The molecule has 9 nitrogen and oxygen atoms in total. The Kier molecular flexibility index (Phi) is 4.65. The summed E-state index contributed by atoms with van der Waals surface area (Å²) in [6.45, 7) is 2.13. The number of amides is 1. The van der Waals surface area contributed by atoms with Crippen LogP contribution < -0.4 is 10.6 Å². The fraction of sp³-hybridized carbons (Fsp3) is 0.389. The Balaban J connectivity index is 1.58. The number of aliphatic imine (C=N–C) groups is 1. The van der Waals surface area contributed by atoms with E-state index in [1.54, 1.807) is 28.8 Å². The average Bonchev–Trinajstić information content (AvgIpc) is 3.25. The second kappa shape index (κ2) is 7.10. The van der Waals surface area contributed by atoms with E-state index in [0.29, 0.717) is 29.3 Å². The number of amidine groups is 1. The van der Waals surface area contributed by atoms with Crippen LogP contribution in [0.2, 0.25) is 0 Å². The number of ether oxygens (including phenoxy) is 1. The van der Waals surface area contributed by atoms with Crippen LogP contribution in [0.4, 0.5) is 5.82 Å². The Labute approximate surface area is 155 Å². The molecular formula is C18H21N5O4. The van der Waals surface area contributed by atoms with E-state index in [2.05, 4.69) is 20.6 Å². The molecule has 0 bridgehead atoms. The number of rotatable bonds is 3. The number of aliphatic hydroxyl groups is 2. The minimum absolute atomic E-state index is 0.242. The molecule has 1 aromatic heterocycles. The molecule has 9 heteroatoms. The van der Waals surface area contributed by atoms with E-state index in [1.165, 1.54) is 6.33 Å². The number of anilines is 1. The van der Waals surface area contributed by atoms with Gasteiger partial charge in [0, 0.05) is 5.56 Å². The summed E-state index contributed by atoms with van der Waals surface area (Å²) in [5.74, 6) is 0.633. The highest BCUT2D eigenvalue weighted by molar-refractivity contribution is 6.14. The number of nitrogens with zero attached hydrogens (tertiary/aromatic N) is 3. The summed E-state index contributed by atoms with van der Waals surface area (Å²) in [6, 6.07) is 8.83. The van der Waals surface area contributed by atoms with Crippen LogP contribution in [0, 0.1) is 0 Å². The highest BCUT2D eigenvalue weighted by Crippen LogP contribution is 2.34. The van der Waals surface area contributed by atoms with E-state index >= 15 is 0 Å². The number of aromatic nitrogens is 2. The van der Waals surface area contributed by atoms with Gasteiger partial charge in [0.1, 0.15) is 30.4 Å². The van der Waals surface area contributed by atoms with E-state index < -0.39 is 24.5 Å². The molecule has 2 aliphatic heterocycles. The Morgan fingerprint density at radius 3 is 2.81 bits per heavy atom. The number of carbonyl (C=O) groups excluding carboxylic acids is 1. The van der Waals surface area contributed by atoms with Gasteiger partial charge in [-0.25, -0.2) is 9.98 Å². The van der Waals surface area contributed by atoms with Gasteiger partial charge in [-0.05, 0) is 18.6 Å². The normalized spacial score (nSPS) is 26.9. The third-order valence-electron chi connectivity index (χ3n) is 4.78. The van der Waals surface area contributed by atoms with Crippen molar-refractivity contribution in [3.05, 3.63) is 47.9 Å². The number of nitrogens with one attached hydrogen (secondary N) is 2. The molecule has 0 aliphatic carbocycles. The highest BCUT2D eigenvalue weighted by atomic mass is 16.6. The second-order valence-corrected chi connectivity index (χ2v) is 6.47. The van der Waals surface area contributed by atoms with Gasteiger partial charge >= 0.3 is 0 Å². The summed E-state index contributed by atoms with van der Waals surface area (Å²) < 4.78 is 7.41. The van der Waals surface area contributed by atoms with Crippen LogP contribution in [0.3, 0.4) is 0 Å². The molecule has 1 saturated heterocycles. The Bertz CT molecular complexity index is 866. The molecule has 1 aromatic carbocycles. The molecule has 1 amide bonds. The molecule has 2 aromatic rings. The predicted octanol–water partition coefficient (Wildman–Crippen LogP) is 0.472. The van der Waals surface area contributed by atoms with E-state index in [1.807, 2.05) is 13.0 Å². The summed E-state index contributed by atoms with van der Waals surface area (Å²) in [7, 11) is 0. The number of benzene rings is 1. The largest absolute Gasteiger partial charge is 0.388 e. The Morgan fingerprint density at radius 1 is 1.33 bits per heavy atom. The van der Waals surface area contributed by atoms with Crippen molar-refractivity contribution in [1.82, 2.24) is 14.9 Å². The molecule has 0 radical (unpaired) electrons. The van der Waals surface area contributed by atoms with Gasteiger partial charge in [0.25, 0.3) is 5.91 Å². The first kappa shape index (κ1) is 17.7. The summed E-state index contributed by atoms with van der Waals surface area (Å²) in [4.78, 5) is 21.0. The molecule has 4 atom stereocenters. The van der Waals surface area contributed by atoms with Crippen LogP contribution >= 0.6 is 0 Å². The molecule has 2 aliphatic rings. The van der Waals surface area contributed by atoms with E-state index in [9.17, 15) is 15.0 Å². The number of aliphatic hydroxyl groups excluding tert-OH is 2. The molecule has 0 spiro atoms. The Morgan fingerprint density at radius 2 is 2.11 bits per heavy atom. The molecule has 4 rings (SSSR count). The van der Waals surface area contributed by atoms with Crippen LogP contribution in [0.1, 0.15) is 35.6 Å². The van der Waals surface area contributed by atoms with Crippen LogP contribution in [0.5, 0.6) is 0 Å². The fourth-order valence-electron chi connectivity index (χ4n) is 3.34. The number of hydrogen-bond acceptors (Lipinski definition) is 7. The molecule has 3 heterocycles. The lowest BCUT2D eigenvalue weighted by molar-refractivity contribution is -0.0365. The summed E-state index contributed by atoms with van der Waals surface area (Å²) in [5.41, 5.74) is 0.971. The quantitative estimate of drug-likeness (QED) is 0.622. The molecule has 4 N–H and O–H groups in total. The average molecular weight is 371 g/mol. The van der Waals surface area contributed by atoms with Crippen LogP contribution in [-0.4, -0.2) is 56.5 Å². The van der Waals surface area contributed by atoms with Crippen molar-refractivity contribution in [2.24, 2.45) is 4.99 Å². The lowest BCUT2D eigenvalue weighted by atomic mass is 10.1. The standard InChI is InChI=1S/C18H21N5O4/c1-2-11-13(24)14(25)18(27-11)23-9-21-12-15(19-8-20-16(12)23)22-17(26)10-6-4-3-5-7-10/h3-7,9,11,13-14,18,20,24-25H,2,8H2,1H3,(H,19,22,26)/t11-,13?,14+,18-/m1/s1. The van der Waals surface area contributed by atoms with Crippen molar-refractivity contribution < 1.29 is 19.7 Å².